The van der Waals surface area contributed by atoms with Crippen molar-refractivity contribution in [2.75, 3.05) is 6.61 Å². The minimum absolute atomic E-state index is 0.238. The van der Waals surface area contributed by atoms with Crippen molar-refractivity contribution in [1.29, 1.82) is 0 Å². The maximum absolute atomic E-state index is 13.6. The quantitative estimate of drug-likeness (QED) is 0.441. The van der Waals surface area contributed by atoms with Crippen LogP contribution in [0.4, 0.5) is 0 Å². The fraction of sp³-hybridized carbons (Fsp3) is 0.160. The molecule has 2 aromatic carbocycles. The molecule has 164 valence electrons. The average molecular weight is 457 g/mol. The molecule has 2 aromatic heterocycles. The fourth-order valence-corrected chi connectivity index (χ4v) is 4.95. The molecule has 5 rings (SSSR count). The number of carbonyl (C=O) groups is 1. The Hall–Kier alpha value is -3.91. The Labute approximate surface area is 193 Å². The third-order valence-electron chi connectivity index (χ3n) is 5.38. The minimum Gasteiger partial charge on any atom is -0.463 e. The molecular weight excluding hydrogens is 436 g/mol. The first-order chi connectivity index (χ1) is 16.1. The van der Waals surface area contributed by atoms with Crippen LogP contribution in [0.25, 0.3) is 17.1 Å². The van der Waals surface area contributed by atoms with Crippen LogP contribution in [0.5, 0.6) is 0 Å². The van der Waals surface area contributed by atoms with Gasteiger partial charge in [0, 0.05) is 0 Å². The number of rotatable bonds is 4. The highest BCUT2D eigenvalue weighted by Gasteiger charge is 2.33. The Kier molecular flexibility index (Phi) is 5.43. The van der Waals surface area contributed by atoms with Gasteiger partial charge in [-0.3, -0.25) is 14.3 Å². The van der Waals surface area contributed by atoms with Crippen LogP contribution in [0.2, 0.25) is 0 Å². The highest BCUT2D eigenvalue weighted by atomic mass is 32.1. The molecule has 1 aliphatic heterocycles. The zero-order valence-electron chi connectivity index (χ0n) is 18.1. The number of aromatic nitrogens is 3. The van der Waals surface area contributed by atoms with Gasteiger partial charge in [0.1, 0.15) is 0 Å². The van der Waals surface area contributed by atoms with Crippen molar-refractivity contribution in [2.24, 2.45) is 4.99 Å². The van der Waals surface area contributed by atoms with Gasteiger partial charge in [-0.1, -0.05) is 53.8 Å². The molecule has 0 bridgehead atoms. The maximum atomic E-state index is 13.6. The standard InChI is InChI=1S/C25H20N4O3S/c1-3-32-24(31)21-15(2)27-25-29(22(21)16-9-5-4-6-10-16)23(30)20(33-25)13-17-14-26-18-11-7-8-12-19(18)28-17/h4-14,22H,3H2,1-2H3/b20-13+/t22-/m1/s1. The molecule has 4 aromatic rings. The van der Waals surface area contributed by atoms with E-state index in [1.54, 1.807) is 30.7 Å². The number of fused-ring (bicyclic) bond motifs is 2. The number of hydrogen-bond acceptors (Lipinski definition) is 7. The van der Waals surface area contributed by atoms with Crippen LogP contribution in [0.3, 0.4) is 0 Å². The first-order valence-electron chi connectivity index (χ1n) is 10.5. The summed E-state index contributed by atoms with van der Waals surface area (Å²) in [7, 11) is 0. The van der Waals surface area contributed by atoms with Gasteiger partial charge >= 0.3 is 5.97 Å². The lowest BCUT2D eigenvalue weighted by Gasteiger charge is -2.24. The molecule has 33 heavy (non-hydrogen) atoms. The van der Waals surface area contributed by atoms with Gasteiger partial charge in [0.25, 0.3) is 5.56 Å². The van der Waals surface area contributed by atoms with Crippen molar-refractivity contribution < 1.29 is 9.53 Å². The van der Waals surface area contributed by atoms with Crippen LogP contribution in [0, 0.1) is 0 Å². The molecule has 7 nitrogen and oxygen atoms in total. The van der Waals surface area contributed by atoms with Gasteiger partial charge < -0.3 is 4.74 Å². The van der Waals surface area contributed by atoms with Gasteiger partial charge in [-0.2, -0.15) is 0 Å². The summed E-state index contributed by atoms with van der Waals surface area (Å²) in [5.74, 6) is -0.470. The lowest BCUT2D eigenvalue weighted by atomic mass is 9.96. The predicted octanol–water partition coefficient (Wildman–Crippen LogP) is 2.74. The van der Waals surface area contributed by atoms with Crippen LogP contribution in [0.1, 0.15) is 31.1 Å². The summed E-state index contributed by atoms with van der Waals surface area (Å²) in [4.78, 5) is 40.6. The molecule has 0 fully saturated rings. The van der Waals surface area contributed by atoms with E-state index >= 15 is 0 Å². The second-order valence-electron chi connectivity index (χ2n) is 7.50. The third kappa shape index (κ3) is 3.78. The number of esters is 1. The molecule has 1 aliphatic rings. The smallest absolute Gasteiger partial charge is 0.338 e. The van der Waals surface area contributed by atoms with E-state index in [9.17, 15) is 9.59 Å². The SMILES string of the molecule is CCOC(=O)C1=C(C)N=c2s/c(=C/c3cnc4ccccc4n3)c(=O)n2[C@@H]1c1ccccc1. The van der Waals surface area contributed by atoms with Gasteiger partial charge in [-0.25, -0.2) is 14.8 Å². The molecule has 0 unspecified atom stereocenters. The number of hydrogen-bond donors (Lipinski definition) is 0. The first kappa shape index (κ1) is 21.0. The van der Waals surface area contributed by atoms with E-state index in [-0.39, 0.29) is 12.2 Å². The number of thiazole rings is 1. The normalized spacial score (nSPS) is 15.9. The molecule has 3 heterocycles. The zero-order valence-corrected chi connectivity index (χ0v) is 18.9. The second kappa shape index (κ2) is 8.55. The Morgan fingerprint density at radius 1 is 1.12 bits per heavy atom. The Balaban J connectivity index is 1.71. The van der Waals surface area contributed by atoms with E-state index in [1.807, 2.05) is 54.6 Å². The highest BCUT2D eigenvalue weighted by molar-refractivity contribution is 7.07. The predicted molar refractivity (Wildman–Crippen MR) is 126 cm³/mol. The molecule has 0 aliphatic carbocycles. The van der Waals surface area contributed by atoms with E-state index in [1.165, 1.54) is 11.3 Å². The molecule has 1 atom stereocenters. The van der Waals surface area contributed by atoms with E-state index in [0.717, 1.165) is 16.6 Å². The molecular formula is C25H20N4O3S. The molecule has 0 radical (unpaired) electrons. The second-order valence-corrected chi connectivity index (χ2v) is 8.51. The number of benzene rings is 2. The molecule has 0 N–H and O–H groups in total. The number of carbonyl (C=O) groups excluding carboxylic acids is 1. The number of para-hydroxylation sites is 2. The minimum atomic E-state index is -0.619. The van der Waals surface area contributed by atoms with Crippen molar-refractivity contribution in [3.63, 3.8) is 0 Å². The van der Waals surface area contributed by atoms with Gasteiger partial charge in [0.15, 0.2) is 4.80 Å². The summed E-state index contributed by atoms with van der Waals surface area (Å²) in [6.07, 6.45) is 3.36. The monoisotopic (exact) mass is 456 g/mol. The summed E-state index contributed by atoms with van der Waals surface area (Å²) in [5.41, 5.74) is 3.60. The van der Waals surface area contributed by atoms with Crippen molar-refractivity contribution in [2.45, 2.75) is 19.9 Å². The third-order valence-corrected chi connectivity index (χ3v) is 6.36. The Bertz CT molecular complexity index is 1590. The van der Waals surface area contributed by atoms with Crippen LogP contribution >= 0.6 is 11.3 Å². The zero-order chi connectivity index (χ0) is 22.9. The molecule has 8 heteroatoms. The lowest BCUT2D eigenvalue weighted by Crippen LogP contribution is -2.39. The highest BCUT2D eigenvalue weighted by Crippen LogP contribution is 2.30. The van der Waals surface area contributed by atoms with E-state index in [0.29, 0.717) is 26.3 Å². The van der Waals surface area contributed by atoms with Crippen molar-refractivity contribution in [3.05, 3.63) is 103 Å². The first-order valence-corrected chi connectivity index (χ1v) is 11.3. The van der Waals surface area contributed by atoms with E-state index in [2.05, 4.69) is 15.0 Å². The van der Waals surface area contributed by atoms with Gasteiger partial charge in [-0.05, 0) is 37.6 Å². The van der Waals surface area contributed by atoms with Crippen LogP contribution in [0.15, 0.2) is 81.9 Å². The van der Waals surface area contributed by atoms with Crippen LogP contribution in [-0.4, -0.2) is 27.1 Å². The summed E-state index contributed by atoms with van der Waals surface area (Å²) >= 11 is 1.27. The molecule has 0 spiro atoms. The van der Waals surface area contributed by atoms with Gasteiger partial charge in [-0.15, -0.1) is 0 Å². The number of allylic oxidation sites excluding steroid dienone is 1. The summed E-state index contributed by atoms with van der Waals surface area (Å²) in [6, 6.07) is 16.4. The van der Waals surface area contributed by atoms with E-state index < -0.39 is 12.0 Å². The molecule has 0 amide bonds. The fourth-order valence-electron chi connectivity index (χ4n) is 3.92. The largest absolute Gasteiger partial charge is 0.463 e. The Morgan fingerprint density at radius 3 is 2.61 bits per heavy atom. The number of nitrogens with zero attached hydrogens (tertiary/aromatic N) is 4. The lowest BCUT2D eigenvalue weighted by molar-refractivity contribution is -0.139. The maximum Gasteiger partial charge on any atom is 0.338 e. The van der Waals surface area contributed by atoms with Crippen molar-refractivity contribution >= 4 is 34.4 Å². The molecule has 0 saturated carbocycles. The van der Waals surface area contributed by atoms with Crippen molar-refractivity contribution in [1.82, 2.24) is 14.5 Å². The summed E-state index contributed by atoms with van der Waals surface area (Å²) < 4.78 is 7.35. The number of ether oxygens (including phenoxy) is 1. The topological polar surface area (TPSA) is 86.4 Å². The van der Waals surface area contributed by atoms with E-state index in [4.69, 9.17) is 4.74 Å². The van der Waals surface area contributed by atoms with Crippen LogP contribution < -0.4 is 14.9 Å². The van der Waals surface area contributed by atoms with Crippen molar-refractivity contribution in [3.8, 4) is 0 Å². The van der Waals surface area contributed by atoms with Gasteiger partial charge in [0.2, 0.25) is 0 Å². The van der Waals surface area contributed by atoms with Crippen LogP contribution in [-0.2, 0) is 9.53 Å². The average Bonchev–Trinajstić information content (AvgIpc) is 3.13. The Morgan fingerprint density at radius 2 is 1.85 bits per heavy atom. The summed E-state index contributed by atoms with van der Waals surface area (Å²) in [6.45, 7) is 3.77. The summed E-state index contributed by atoms with van der Waals surface area (Å²) in [5, 5.41) is 0. The molecule has 0 saturated heterocycles. The van der Waals surface area contributed by atoms with Gasteiger partial charge in [0.05, 0.1) is 51.4 Å².